The Balaban J connectivity index is 2.91. The van der Waals surface area contributed by atoms with Crippen molar-refractivity contribution in [1.82, 2.24) is 0 Å². The van der Waals surface area contributed by atoms with Crippen molar-refractivity contribution in [2.45, 2.75) is 65.2 Å². The third-order valence-electron chi connectivity index (χ3n) is 3.66. The molecule has 0 bridgehead atoms. The van der Waals surface area contributed by atoms with Crippen LogP contribution >= 0.6 is 0 Å². The van der Waals surface area contributed by atoms with Crippen molar-refractivity contribution in [2.75, 3.05) is 0 Å². The Labute approximate surface area is 101 Å². The maximum Gasteiger partial charge on any atom is -0.00754 e. The SMILES string of the molecule is CCCC(C)(CCC)c1ccc(CC)cc1. The second-order valence-electron chi connectivity index (χ2n) is 5.11. The first-order valence-corrected chi connectivity index (χ1v) is 6.75. The first kappa shape index (κ1) is 13.3. The predicted octanol–water partition coefficient (Wildman–Crippen LogP) is 5.11. The van der Waals surface area contributed by atoms with Crippen molar-refractivity contribution in [2.24, 2.45) is 0 Å². The highest BCUT2D eigenvalue weighted by Gasteiger charge is 2.24. The van der Waals surface area contributed by atoms with E-state index in [4.69, 9.17) is 0 Å². The fourth-order valence-electron chi connectivity index (χ4n) is 2.66. The minimum Gasteiger partial charge on any atom is -0.0654 e. The number of hydrogen-bond donors (Lipinski definition) is 0. The van der Waals surface area contributed by atoms with E-state index in [1.807, 2.05) is 0 Å². The minimum atomic E-state index is 0.385. The zero-order valence-corrected chi connectivity index (χ0v) is 11.3. The molecule has 1 aromatic rings. The smallest absolute Gasteiger partial charge is 0.00754 e. The molecule has 0 N–H and O–H groups in total. The first-order chi connectivity index (χ1) is 7.66. The largest absolute Gasteiger partial charge is 0.0654 e. The van der Waals surface area contributed by atoms with Gasteiger partial charge in [0.25, 0.3) is 0 Å². The van der Waals surface area contributed by atoms with Crippen molar-refractivity contribution in [3.8, 4) is 0 Å². The Bertz CT molecular complexity index is 288. The maximum atomic E-state index is 2.42. The van der Waals surface area contributed by atoms with Gasteiger partial charge in [-0.3, -0.25) is 0 Å². The molecule has 0 aliphatic heterocycles. The third-order valence-corrected chi connectivity index (χ3v) is 3.66. The lowest BCUT2D eigenvalue weighted by Gasteiger charge is -2.30. The van der Waals surface area contributed by atoms with Gasteiger partial charge in [0.1, 0.15) is 0 Å². The number of rotatable bonds is 6. The molecule has 0 amide bonds. The van der Waals surface area contributed by atoms with Crippen molar-refractivity contribution < 1.29 is 0 Å². The quantitative estimate of drug-likeness (QED) is 0.622. The Morgan fingerprint density at radius 1 is 0.875 bits per heavy atom. The van der Waals surface area contributed by atoms with Gasteiger partial charge in [0.15, 0.2) is 0 Å². The lowest BCUT2D eigenvalue weighted by molar-refractivity contribution is 0.392. The van der Waals surface area contributed by atoms with Crippen LogP contribution in [0.1, 0.15) is 64.5 Å². The van der Waals surface area contributed by atoms with Crippen molar-refractivity contribution in [3.05, 3.63) is 35.4 Å². The van der Waals surface area contributed by atoms with Crippen LogP contribution in [0.25, 0.3) is 0 Å². The molecule has 0 heteroatoms. The van der Waals surface area contributed by atoms with Crippen LogP contribution in [0.5, 0.6) is 0 Å². The Morgan fingerprint density at radius 3 is 1.75 bits per heavy atom. The molecular weight excluding hydrogens is 192 g/mol. The van der Waals surface area contributed by atoms with Gasteiger partial charge in [-0.25, -0.2) is 0 Å². The topological polar surface area (TPSA) is 0 Å². The summed E-state index contributed by atoms with van der Waals surface area (Å²) in [5.41, 5.74) is 3.35. The summed E-state index contributed by atoms with van der Waals surface area (Å²) in [5, 5.41) is 0. The van der Waals surface area contributed by atoms with E-state index in [2.05, 4.69) is 52.0 Å². The summed E-state index contributed by atoms with van der Waals surface area (Å²) in [6.07, 6.45) is 6.27. The summed E-state index contributed by atoms with van der Waals surface area (Å²) in [7, 11) is 0. The second kappa shape index (κ2) is 6.08. The van der Waals surface area contributed by atoms with Crippen LogP contribution in [0.4, 0.5) is 0 Å². The number of hydrogen-bond acceptors (Lipinski definition) is 0. The molecule has 0 nitrogen and oxygen atoms in total. The highest BCUT2D eigenvalue weighted by Crippen LogP contribution is 2.33. The zero-order chi connectivity index (χ0) is 12.0. The van der Waals surface area contributed by atoms with Gasteiger partial charge in [-0.15, -0.1) is 0 Å². The maximum absolute atomic E-state index is 2.42. The molecular formula is C16H26. The van der Waals surface area contributed by atoms with E-state index in [0.29, 0.717) is 5.41 Å². The lowest BCUT2D eigenvalue weighted by atomic mass is 9.75. The van der Waals surface area contributed by atoms with Crippen LogP contribution in [-0.4, -0.2) is 0 Å². The second-order valence-corrected chi connectivity index (χ2v) is 5.11. The van der Waals surface area contributed by atoms with Crippen LogP contribution in [0.3, 0.4) is 0 Å². The van der Waals surface area contributed by atoms with Crippen LogP contribution in [0.2, 0.25) is 0 Å². The number of benzene rings is 1. The summed E-state index contributed by atoms with van der Waals surface area (Å²) in [5.74, 6) is 0. The Kier molecular flexibility index (Phi) is 5.05. The number of aryl methyl sites for hydroxylation is 1. The monoisotopic (exact) mass is 218 g/mol. The van der Waals surface area contributed by atoms with E-state index in [1.54, 1.807) is 0 Å². The van der Waals surface area contributed by atoms with Crippen molar-refractivity contribution in [3.63, 3.8) is 0 Å². The average molecular weight is 218 g/mol. The molecule has 0 atom stereocenters. The van der Waals surface area contributed by atoms with Crippen LogP contribution in [0.15, 0.2) is 24.3 Å². The van der Waals surface area contributed by atoms with Crippen molar-refractivity contribution >= 4 is 0 Å². The molecule has 1 rings (SSSR count). The molecule has 0 spiro atoms. The summed E-state index contributed by atoms with van der Waals surface area (Å²) in [6.45, 7) is 9.20. The summed E-state index contributed by atoms with van der Waals surface area (Å²) >= 11 is 0. The van der Waals surface area contributed by atoms with Crippen molar-refractivity contribution in [1.29, 1.82) is 0 Å². The van der Waals surface area contributed by atoms with Gasteiger partial charge in [-0.2, -0.15) is 0 Å². The van der Waals surface area contributed by atoms with E-state index in [0.717, 1.165) is 6.42 Å². The van der Waals surface area contributed by atoms with Gasteiger partial charge in [-0.05, 0) is 35.8 Å². The van der Waals surface area contributed by atoms with Gasteiger partial charge in [0.2, 0.25) is 0 Å². The summed E-state index contributed by atoms with van der Waals surface area (Å²) in [6, 6.07) is 9.26. The highest BCUT2D eigenvalue weighted by atomic mass is 14.3. The fourth-order valence-corrected chi connectivity index (χ4v) is 2.66. The normalized spacial score (nSPS) is 11.8. The molecule has 0 fully saturated rings. The fraction of sp³-hybridized carbons (Fsp3) is 0.625. The molecule has 90 valence electrons. The standard InChI is InChI=1S/C16H26/c1-5-12-16(4,13-6-2)15-10-8-14(7-3)9-11-15/h8-11H,5-7,12-13H2,1-4H3. The van der Waals surface area contributed by atoms with E-state index >= 15 is 0 Å². The van der Waals surface area contributed by atoms with E-state index < -0.39 is 0 Å². The average Bonchev–Trinajstić information content (AvgIpc) is 2.30. The molecule has 0 unspecified atom stereocenters. The van der Waals surface area contributed by atoms with Crippen LogP contribution in [-0.2, 0) is 11.8 Å². The molecule has 0 saturated heterocycles. The highest BCUT2D eigenvalue weighted by molar-refractivity contribution is 5.28. The zero-order valence-electron chi connectivity index (χ0n) is 11.3. The lowest BCUT2D eigenvalue weighted by Crippen LogP contribution is -2.21. The molecule has 0 radical (unpaired) electrons. The van der Waals surface area contributed by atoms with Gasteiger partial charge in [-0.1, -0.05) is 64.8 Å². The van der Waals surface area contributed by atoms with E-state index in [-0.39, 0.29) is 0 Å². The summed E-state index contributed by atoms with van der Waals surface area (Å²) in [4.78, 5) is 0. The third kappa shape index (κ3) is 3.10. The van der Waals surface area contributed by atoms with Crippen LogP contribution < -0.4 is 0 Å². The molecule has 0 aliphatic carbocycles. The van der Waals surface area contributed by atoms with Gasteiger partial charge in [0, 0.05) is 0 Å². The predicted molar refractivity (Wildman–Crippen MR) is 73.0 cm³/mol. The Morgan fingerprint density at radius 2 is 1.38 bits per heavy atom. The molecule has 0 aromatic heterocycles. The first-order valence-electron chi connectivity index (χ1n) is 6.75. The van der Waals surface area contributed by atoms with Crippen LogP contribution in [0, 0.1) is 0 Å². The minimum absolute atomic E-state index is 0.385. The van der Waals surface area contributed by atoms with Gasteiger partial charge < -0.3 is 0 Å². The van der Waals surface area contributed by atoms with Gasteiger partial charge >= 0.3 is 0 Å². The van der Waals surface area contributed by atoms with E-state index in [9.17, 15) is 0 Å². The summed E-state index contributed by atoms with van der Waals surface area (Å²) < 4.78 is 0. The molecule has 0 saturated carbocycles. The molecule has 0 heterocycles. The Hall–Kier alpha value is -0.780. The van der Waals surface area contributed by atoms with E-state index in [1.165, 1.54) is 36.8 Å². The van der Waals surface area contributed by atoms with Gasteiger partial charge in [0.05, 0.1) is 0 Å². The molecule has 1 aromatic carbocycles. The molecule has 16 heavy (non-hydrogen) atoms. The molecule has 0 aliphatic rings.